The first-order valence-corrected chi connectivity index (χ1v) is 10.2. The first-order chi connectivity index (χ1) is 13.0. The van der Waals surface area contributed by atoms with Gasteiger partial charge in [0.15, 0.2) is 5.60 Å². The largest absolute Gasteiger partial charge is 0.476 e. The molecule has 0 spiro atoms. The zero-order chi connectivity index (χ0) is 19.0. The van der Waals surface area contributed by atoms with E-state index in [4.69, 9.17) is 14.5 Å². The van der Waals surface area contributed by atoms with Crippen molar-refractivity contribution in [1.82, 2.24) is 4.98 Å². The van der Waals surface area contributed by atoms with Gasteiger partial charge >= 0.3 is 5.97 Å². The van der Waals surface area contributed by atoms with Crippen molar-refractivity contribution < 1.29 is 14.3 Å². The van der Waals surface area contributed by atoms with Gasteiger partial charge in [-0.25, -0.2) is 9.78 Å². The van der Waals surface area contributed by atoms with Crippen LogP contribution in [0.15, 0.2) is 36.4 Å². The Morgan fingerprint density at radius 1 is 1.15 bits per heavy atom. The highest BCUT2D eigenvalue weighted by Gasteiger charge is 2.31. The minimum Gasteiger partial charge on any atom is -0.476 e. The van der Waals surface area contributed by atoms with Crippen LogP contribution in [0.2, 0.25) is 0 Å². The Balaban J connectivity index is 1.55. The molecule has 5 heteroatoms. The van der Waals surface area contributed by atoms with Crippen LogP contribution in [0.5, 0.6) is 5.75 Å². The first kappa shape index (κ1) is 18.0. The van der Waals surface area contributed by atoms with Crippen LogP contribution in [0.4, 0.5) is 0 Å². The topological polar surface area (TPSA) is 48.4 Å². The summed E-state index contributed by atoms with van der Waals surface area (Å²) >= 11 is 1.72. The van der Waals surface area contributed by atoms with Crippen molar-refractivity contribution in [1.29, 1.82) is 0 Å². The fourth-order valence-corrected chi connectivity index (χ4v) is 4.44. The quantitative estimate of drug-likeness (QED) is 0.572. The molecule has 1 aliphatic carbocycles. The molecule has 0 saturated carbocycles. The van der Waals surface area contributed by atoms with Crippen molar-refractivity contribution in [2.75, 3.05) is 6.61 Å². The highest BCUT2D eigenvalue weighted by atomic mass is 32.1. The third kappa shape index (κ3) is 3.56. The van der Waals surface area contributed by atoms with E-state index < -0.39 is 5.60 Å². The molecule has 1 aromatic heterocycles. The molecule has 1 heterocycles. The molecule has 0 fully saturated rings. The monoisotopic (exact) mass is 381 g/mol. The molecule has 0 atom stereocenters. The summed E-state index contributed by atoms with van der Waals surface area (Å²) in [5.74, 6) is 0.269. The number of carbonyl (C=O) groups excluding carboxylic acids is 1. The number of rotatable bonds is 5. The number of benzene rings is 2. The lowest BCUT2D eigenvalue weighted by Gasteiger charge is -2.24. The Labute approximate surface area is 163 Å². The maximum atomic E-state index is 12.0. The number of thiazole rings is 1. The highest BCUT2D eigenvalue weighted by molar-refractivity contribution is 7.21. The molecule has 3 aromatic rings. The van der Waals surface area contributed by atoms with Crippen molar-refractivity contribution in [2.24, 2.45) is 0 Å². The second-order valence-corrected chi connectivity index (χ2v) is 8.35. The second kappa shape index (κ2) is 6.97. The summed E-state index contributed by atoms with van der Waals surface area (Å²) in [6, 6.07) is 12.3. The van der Waals surface area contributed by atoms with Crippen molar-refractivity contribution in [3.8, 4) is 16.3 Å². The molecule has 0 radical (unpaired) electrons. The number of nitrogens with zero attached hydrogens (tertiary/aromatic N) is 1. The number of aromatic nitrogens is 1. The zero-order valence-electron chi connectivity index (χ0n) is 15.9. The molecule has 0 saturated heterocycles. The van der Waals surface area contributed by atoms with Gasteiger partial charge in [0.1, 0.15) is 10.8 Å². The van der Waals surface area contributed by atoms with E-state index in [0.29, 0.717) is 12.4 Å². The average Bonchev–Trinajstić information content (AvgIpc) is 3.25. The predicted molar refractivity (Wildman–Crippen MR) is 108 cm³/mol. The highest BCUT2D eigenvalue weighted by Crippen LogP contribution is 2.35. The Morgan fingerprint density at radius 2 is 1.85 bits per heavy atom. The Bertz CT molecular complexity index is 948. The number of hydrogen-bond donors (Lipinski definition) is 0. The SMILES string of the molecule is CCOC(=O)C(C)(C)Oc1ccc(-c2nc3cc4c(cc3s2)CCC4)cc1. The number of fused-ring (bicyclic) bond motifs is 2. The van der Waals surface area contributed by atoms with E-state index in [-0.39, 0.29) is 5.97 Å². The molecule has 0 bridgehead atoms. The van der Waals surface area contributed by atoms with Crippen LogP contribution in [0.1, 0.15) is 38.3 Å². The number of esters is 1. The Morgan fingerprint density at radius 3 is 2.56 bits per heavy atom. The summed E-state index contributed by atoms with van der Waals surface area (Å²) in [5.41, 5.74) is 4.04. The van der Waals surface area contributed by atoms with Crippen LogP contribution in [0, 0.1) is 0 Å². The third-order valence-corrected chi connectivity index (χ3v) is 5.91. The van der Waals surface area contributed by atoms with Gasteiger partial charge in [-0.2, -0.15) is 0 Å². The van der Waals surface area contributed by atoms with Crippen molar-refractivity contribution in [3.05, 3.63) is 47.5 Å². The minimum atomic E-state index is -1.02. The summed E-state index contributed by atoms with van der Waals surface area (Å²) < 4.78 is 12.1. The van der Waals surface area contributed by atoms with Gasteiger partial charge in [-0.3, -0.25) is 0 Å². The maximum absolute atomic E-state index is 12.0. The van der Waals surface area contributed by atoms with Gasteiger partial charge in [0.2, 0.25) is 0 Å². The standard InChI is InChI=1S/C22H23NO3S/c1-4-25-21(24)22(2,3)26-17-10-8-14(9-11-17)20-23-18-12-15-6-5-7-16(15)13-19(18)27-20/h8-13H,4-7H2,1-3H3. The van der Waals surface area contributed by atoms with Gasteiger partial charge < -0.3 is 9.47 Å². The van der Waals surface area contributed by atoms with Gasteiger partial charge in [0.25, 0.3) is 0 Å². The molecule has 0 aliphatic heterocycles. The predicted octanol–water partition coefficient (Wildman–Crippen LogP) is 5.17. The number of carbonyl (C=O) groups is 1. The molecule has 2 aromatic carbocycles. The van der Waals surface area contributed by atoms with E-state index in [1.165, 1.54) is 35.1 Å². The van der Waals surface area contributed by atoms with Crippen LogP contribution in [-0.4, -0.2) is 23.2 Å². The molecule has 0 amide bonds. The summed E-state index contributed by atoms with van der Waals surface area (Å²) in [5, 5.41) is 1.00. The van der Waals surface area contributed by atoms with E-state index in [1.807, 2.05) is 24.3 Å². The number of aryl methyl sites for hydroxylation is 2. The number of ether oxygens (including phenoxy) is 2. The molecular formula is C22H23NO3S. The van der Waals surface area contributed by atoms with E-state index in [9.17, 15) is 4.79 Å². The zero-order valence-corrected chi connectivity index (χ0v) is 16.7. The smallest absolute Gasteiger partial charge is 0.349 e. The molecular weight excluding hydrogens is 358 g/mol. The Hall–Kier alpha value is -2.40. The minimum absolute atomic E-state index is 0.339. The normalized spacial score (nSPS) is 13.6. The van der Waals surface area contributed by atoms with Gasteiger partial charge in [-0.05, 0) is 87.6 Å². The first-order valence-electron chi connectivity index (χ1n) is 9.35. The summed E-state index contributed by atoms with van der Waals surface area (Å²) in [6.07, 6.45) is 3.60. The van der Waals surface area contributed by atoms with E-state index in [0.717, 1.165) is 16.1 Å². The molecule has 4 rings (SSSR count). The van der Waals surface area contributed by atoms with Crippen LogP contribution in [0.25, 0.3) is 20.8 Å². The van der Waals surface area contributed by atoms with Gasteiger partial charge in [0.05, 0.1) is 16.8 Å². The lowest BCUT2D eigenvalue weighted by atomic mass is 10.1. The molecule has 1 aliphatic rings. The summed E-state index contributed by atoms with van der Waals surface area (Å²) in [4.78, 5) is 16.8. The fraction of sp³-hybridized carbons (Fsp3) is 0.364. The molecule has 140 valence electrons. The van der Waals surface area contributed by atoms with Crippen LogP contribution in [-0.2, 0) is 22.4 Å². The summed E-state index contributed by atoms with van der Waals surface area (Å²) in [7, 11) is 0. The second-order valence-electron chi connectivity index (χ2n) is 7.32. The maximum Gasteiger partial charge on any atom is 0.349 e. The van der Waals surface area contributed by atoms with E-state index in [1.54, 1.807) is 32.1 Å². The van der Waals surface area contributed by atoms with Crippen molar-refractivity contribution in [2.45, 2.75) is 45.6 Å². The number of hydrogen-bond acceptors (Lipinski definition) is 5. The van der Waals surface area contributed by atoms with E-state index >= 15 is 0 Å². The lowest BCUT2D eigenvalue weighted by molar-refractivity contribution is -0.158. The fourth-order valence-electron chi connectivity index (χ4n) is 3.42. The average molecular weight is 381 g/mol. The van der Waals surface area contributed by atoms with Crippen LogP contribution in [0.3, 0.4) is 0 Å². The molecule has 0 unspecified atom stereocenters. The Kier molecular flexibility index (Phi) is 4.64. The van der Waals surface area contributed by atoms with Crippen molar-refractivity contribution in [3.63, 3.8) is 0 Å². The van der Waals surface area contributed by atoms with Crippen LogP contribution < -0.4 is 4.74 Å². The molecule has 27 heavy (non-hydrogen) atoms. The van der Waals surface area contributed by atoms with Gasteiger partial charge in [-0.1, -0.05) is 0 Å². The van der Waals surface area contributed by atoms with Gasteiger partial charge in [-0.15, -0.1) is 11.3 Å². The van der Waals surface area contributed by atoms with E-state index in [2.05, 4.69) is 12.1 Å². The van der Waals surface area contributed by atoms with Crippen LogP contribution >= 0.6 is 11.3 Å². The third-order valence-electron chi connectivity index (χ3n) is 4.84. The molecule has 0 N–H and O–H groups in total. The van der Waals surface area contributed by atoms with Gasteiger partial charge in [0, 0.05) is 5.56 Å². The molecule has 4 nitrogen and oxygen atoms in total. The van der Waals surface area contributed by atoms with Crippen molar-refractivity contribution >= 4 is 27.5 Å². The lowest BCUT2D eigenvalue weighted by Crippen LogP contribution is -2.39. The summed E-state index contributed by atoms with van der Waals surface area (Å²) in [6.45, 7) is 5.55.